The van der Waals surface area contributed by atoms with Gasteiger partial charge < -0.3 is 0 Å². The van der Waals surface area contributed by atoms with E-state index in [1.54, 1.807) is 6.92 Å². The number of aryl methyl sites for hydroxylation is 1. The van der Waals surface area contributed by atoms with E-state index >= 15 is 0 Å². The number of ketones is 1. The van der Waals surface area contributed by atoms with Crippen LogP contribution in [0.1, 0.15) is 46.1 Å². The summed E-state index contributed by atoms with van der Waals surface area (Å²) in [7, 11) is 0. The van der Waals surface area contributed by atoms with Crippen LogP contribution in [0.15, 0.2) is 54.6 Å². The molecule has 3 heteroatoms. The van der Waals surface area contributed by atoms with E-state index < -0.39 is 0 Å². The van der Waals surface area contributed by atoms with Gasteiger partial charge in [0, 0.05) is 17.2 Å². The molecule has 1 aromatic carbocycles. The van der Waals surface area contributed by atoms with Gasteiger partial charge in [-0.05, 0) is 20.3 Å². The van der Waals surface area contributed by atoms with Gasteiger partial charge >= 0.3 is 0 Å². The third-order valence-electron chi connectivity index (χ3n) is 4.23. The summed E-state index contributed by atoms with van der Waals surface area (Å²) >= 11 is 1.94. The average Bonchev–Trinajstić information content (AvgIpc) is 3.06. The van der Waals surface area contributed by atoms with E-state index in [9.17, 15) is 4.79 Å². The SMILES string of the molecule is CC.CCCC(C(C)=O)N1CSC2C=CC=CC21.Cc1ccccc1. The molecule has 0 bridgehead atoms. The maximum atomic E-state index is 11.7. The van der Waals surface area contributed by atoms with Crippen molar-refractivity contribution in [1.82, 2.24) is 4.90 Å². The Bertz CT molecular complexity index is 552. The van der Waals surface area contributed by atoms with Gasteiger partial charge in [-0.25, -0.2) is 0 Å². The van der Waals surface area contributed by atoms with E-state index in [0.29, 0.717) is 17.1 Å². The topological polar surface area (TPSA) is 20.3 Å². The van der Waals surface area contributed by atoms with Gasteiger partial charge in [-0.2, -0.15) is 0 Å². The Morgan fingerprint density at radius 3 is 2.36 bits per heavy atom. The van der Waals surface area contributed by atoms with Crippen LogP contribution in [0.3, 0.4) is 0 Å². The van der Waals surface area contributed by atoms with Crippen molar-refractivity contribution in [3.8, 4) is 0 Å². The molecule has 2 aliphatic rings. The van der Waals surface area contributed by atoms with Gasteiger partial charge in [0.15, 0.2) is 0 Å². The maximum absolute atomic E-state index is 11.7. The van der Waals surface area contributed by atoms with Crippen molar-refractivity contribution in [1.29, 1.82) is 0 Å². The zero-order chi connectivity index (χ0) is 18.7. The van der Waals surface area contributed by atoms with Crippen molar-refractivity contribution in [3.63, 3.8) is 0 Å². The summed E-state index contributed by atoms with van der Waals surface area (Å²) in [4.78, 5) is 14.1. The number of Topliss-reactive ketones (excluding diaryl/α,β-unsaturated/α-hetero) is 1. The minimum absolute atomic E-state index is 0.114. The molecule has 25 heavy (non-hydrogen) atoms. The second kappa shape index (κ2) is 12.1. The van der Waals surface area contributed by atoms with Crippen LogP contribution in [-0.2, 0) is 4.79 Å². The zero-order valence-corrected chi connectivity index (χ0v) is 17.1. The fourth-order valence-electron chi connectivity index (χ4n) is 2.99. The van der Waals surface area contributed by atoms with Crippen molar-refractivity contribution in [2.45, 2.75) is 64.8 Å². The van der Waals surface area contributed by atoms with Crippen LogP contribution < -0.4 is 0 Å². The lowest BCUT2D eigenvalue weighted by Gasteiger charge is -2.31. The van der Waals surface area contributed by atoms with Crippen LogP contribution in [0.5, 0.6) is 0 Å². The molecule has 0 saturated carbocycles. The van der Waals surface area contributed by atoms with Gasteiger partial charge in [-0.3, -0.25) is 9.69 Å². The molecule has 2 nitrogen and oxygen atoms in total. The number of thioether (sulfide) groups is 1. The Balaban J connectivity index is 0.000000290. The number of benzene rings is 1. The van der Waals surface area contributed by atoms with Crippen molar-refractivity contribution < 1.29 is 4.79 Å². The van der Waals surface area contributed by atoms with Gasteiger partial charge in [0.2, 0.25) is 0 Å². The van der Waals surface area contributed by atoms with Crippen molar-refractivity contribution in [2.75, 3.05) is 5.88 Å². The Morgan fingerprint density at radius 2 is 1.84 bits per heavy atom. The fraction of sp³-hybridized carbons (Fsp3) is 0.500. The molecule has 3 atom stereocenters. The number of fused-ring (bicyclic) bond motifs is 1. The molecule has 1 aliphatic heterocycles. The summed E-state index contributed by atoms with van der Waals surface area (Å²) in [6.45, 7) is 9.95. The van der Waals surface area contributed by atoms with Crippen molar-refractivity contribution >= 4 is 17.5 Å². The van der Waals surface area contributed by atoms with Crippen LogP contribution in [0, 0.1) is 6.92 Å². The lowest BCUT2D eigenvalue weighted by atomic mass is 10.0. The largest absolute Gasteiger partial charge is 0.298 e. The highest BCUT2D eigenvalue weighted by Gasteiger charge is 2.37. The number of carbonyl (C=O) groups is 1. The third kappa shape index (κ3) is 6.83. The van der Waals surface area contributed by atoms with Gasteiger partial charge in [0.25, 0.3) is 0 Å². The lowest BCUT2D eigenvalue weighted by molar-refractivity contribution is -0.122. The standard InChI is InChI=1S/C13H19NOS.C7H8.C2H6/c1-3-6-11(10(2)15)14-9-16-13-8-5-4-7-12(13)14;1-7-5-3-2-4-6-7;1-2/h4-5,7-8,11-13H,3,6,9H2,1-2H3;2-6H,1H3;1-2H3. The minimum atomic E-state index is 0.114. The maximum Gasteiger partial charge on any atom is 0.146 e. The summed E-state index contributed by atoms with van der Waals surface area (Å²) in [5.74, 6) is 1.29. The molecular formula is C22H33NOS. The molecule has 0 N–H and O–H groups in total. The molecular weight excluding hydrogens is 326 g/mol. The zero-order valence-electron chi connectivity index (χ0n) is 16.3. The molecule has 1 fully saturated rings. The summed E-state index contributed by atoms with van der Waals surface area (Å²) in [6, 6.07) is 10.8. The molecule has 1 aliphatic carbocycles. The van der Waals surface area contributed by atoms with Crippen molar-refractivity contribution in [2.24, 2.45) is 0 Å². The van der Waals surface area contributed by atoms with E-state index in [1.807, 2.05) is 43.8 Å². The van der Waals surface area contributed by atoms with E-state index in [0.717, 1.165) is 18.7 Å². The molecule has 0 aromatic heterocycles. The van der Waals surface area contributed by atoms with Gasteiger partial charge in [0.05, 0.1) is 6.04 Å². The first-order valence-corrected chi connectivity index (χ1v) is 10.4. The van der Waals surface area contributed by atoms with Crippen LogP contribution in [0.25, 0.3) is 0 Å². The quantitative estimate of drug-likeness (QED) is 0.694. The molecule has 0 radical (unpaired) electrons. The van der Waals surface area contributed by atoms with E-state index in [4.69, 9.17) is 0 Å². The first-order chi connectivity index (χ1) is 12.1. The first-order valence-electron chi connectivity index (χ1n) is 9.38. The summed E-state index contributed by atoms with van der Waals surface area (Å²) in [5, 5.41) is 0.545. The van der Waals surface area contributed by atoms with E-state index in [2.05, 4.69) is 55.2 Å². The highest BCUT2D eigenvalue weighted by molar-refractivity contribution is 8.00. The Morgan fingerprint density at radius 1 is 1.20 bits per heavy atom. The van der Waals surface area contributed by atoms with Gasteiger partial charge in [-0.1, -0.05) is 87.4 Å². The number of hydrogen-bond donors (Lipinski definition) is 0. The summed E-state index contributed by atoms with van der Waals surface area (Å²) in [5.41, 5.74) is 1.32. The Hall–Kier alpha value is -1.32. The van der Waals surface area contributed by atoms with E-state index in [-0.39, 0.29) is 6.04 Å². The average molecular weight is 360 g/mol. The summed E-state index contributed by atoms with van der Waals surface area (Å²) in [6.07, 6.45) is 10.7. The monoisotopic (exact) mass is 359 g/mol. The molecule has 0 spiro atoms. The molecule has 3 unspecified atom stereocenters. The second-order valence-electron chi connectivity index (χ2n) is 6.10. The Labute approximate surface area is 158 Å². The summed E-state index contributed by atoms with van der Waals surface area (Å²) < 4.78 is 0. The lowest BCUT2D eigenvalue weighted by Crippen LogP contribution is -2.44. The highest BCUT2D eigenvalue weighted by atomic mass is 32.2. The fourth-order valence-corrected chi connectivity index (χ4v) is 4.34. The van der Waals surface area contributed by atoms with Gasteiger partial charge in [0.1, 0.15) is 5.78 Å². The van der Waals surface area contributed by atoms with E-state index in [1.165, 1.54) is 5.56 Å². The molecule has 0 amide bonds. The normalized spacial score (nSPS) is 22.1. The molecule has 1 saturated heterocycles. The molecule has 3 rings (SSSR count). The predicted molar refractivity (Wildman–Crippen MR) is 112 cm³/mol. The van der Waals surface area contributed by atoms with Crippen molar-refractivity contribution in [3.05, 3.63) is 60.2 Å². The second-order valence-corrected chi connectivity index (χ2v) is 7.24. The highest BCUT2D eigenvalue weighted by Crippen LogP contribution is 2.35. The molecule has 138 valence electrons. The van der Waals surface area contributed by atoms with Crippen LogP contribution in [-0.4, -0.2) is 33.9 Å². The first kappa shape index (κ1) is 21.7. The molecule has 1 heterocycles. The number of nitrogens with zero attached hydrogens (tertiary/aromatic N) is 1. The predicted octanol–water partition coefficient (Wildman–Crippen LogP) is 5.63. The Kier molecular flexibility index (Phi) is 10.5. The number of rotatable bonds is 4. The number of allylic oxidation sites excluding steroid dienone is 2. The smallest absolute Gasteiger partial charge is 0.146 e. The van der Waals surface area contributed by atoms with Crippen LogP contribution in [0.4, 0.5) is 0 Å². The van der Waals surface area contributed by atoms with Gasteiger partial charge in [-0.15, -0.1) is 11.8 Å². The number of carbonyl (C=O) groups excluding carboxylic acids is 1. The van der Waals surface area contributed by atoms with Crippen LogP contribution >= 0.6 is 11.8 Å². The third-order valence-corrected chi connectivity index (χ3v) is 5.50. The molecule has 1 aromatic rings. The van der Waals surface area contributed by atoms with Crippen LogP contribution in [0.2, 0.25) is 0 Å². The minimum Gasteiger partial charge on any atom is -0.298 e. The number of hydrogen-bond acceptors (Lipinski definition) is 3.